The number of rotatable bonds is 2. The van der Waals surface area contributed by atoms with Crippen molar-refractivity contribution in [1.82, 2.24) is 9.55 Å². The van der Waals surface area contributed by atoms with E-state index in [4.69, 9.17) is 5.11 Å². The molecule has 1 aromatic heterocycles. The topological polar surface area (TPSA) is 75.1 Å². The van der Waals surface area contributed by atoms with E-state index >= 15 is 0 Å². The number of hydrogen-bond donors (Lipinski definition) is 2. The van der Waals surface area contributed by atoms with Gasteiger partial charge in [-0.15, -0.1) is 11.8 Å². The highest BCUT2D eigenvalue weighted by Crippen LogP contribution is 2.37. The number of aromatic nitrogens is 2. The molecule has 0 spiro atoms. The molecule has 6 heteroatoms. The Labute approximate surface area is 90.1 Å². The van der Waals surface area contributed by atoms with E-state index in [0.29, 0.717) is 0 Å². The van der Waals surface area contributed by atoms with E-state index in [2.05, 4.69) is 4.98 Å². The first-order valence-corrected chi connectivity index (χ1v) is 5.79. The van der Waals surface area contributed by atoms with Crippen LogP contribution in [0.4, 0.5) is 0 Å². The Bertz CT molecular complexity index is 453. The van der Waals surface area contributed by atoms with E-state index in [1.807, 2.05) is 0 Å². The summed E-state index contributed by atoms with van der Waals surface area (Å²) in [6.45, 7) is 0.154. The molecule has 82 valence electrons. The molecule has 2 atom stereocenters. The van der Waals surface area contributed by atoms with Crippen molar-refractivity contribution in [2.24, 2.45) is 5.92 Å². The number of aromatic amines is 1. The maximum Gasteiger partial charge on any atom is 0.329 e. The molecule has 1 aliphatic rings. The Balaban J connectivity index is 2.24. The van der Waals surface area contributed by atoms with E-state index in [-0.39, 0.29) is 29.1 Å². The van der Waals surface area contributed by atoms with Crippen LogP contribution in [0.5, 0.6) is 0 Å². The molecule has 1 aromatic rings. The second-order valence-corrected chi connectivity index (χ2v) is 4.80. The Hall–Kier alpha value is -1.01. The lowest BCUT2D eigenvalue weighted by Crippen LogP contribution is -2.30. The standard InChI is InChI=1S/C9H12N2O3S/c12-4-6-3-8(15-5-6)11-2-1-7(13)10-9(11)14/h1-2,6,8,12H,3-5H2,(H,10,13,14)/t6-,8+/m0/s1. The lowest BCUT2D eigenvalue weighted by molar-refractivity contribution is 0.233. The molecular weight excluding hydrogens is 216 g/mol. The Morgan fingerprint density at radius 1 is 1.60 bits per heavy atom. The lowest BCUT2D eigenvalue weighted by Gasteiger charge is -2.11. The number of H-pyrrole nitrogens is 1. The molecule has 5 nitrogen and oxygen atoms in total. The average Bonchev–Trinajstić information content (AvgIpc) is 2.66. The maximum absolute atomic E-state index is 11.5. The lowest BCUT2D eigenvalue weighted by atomic mass is 10.1. The SMILES string of the molecule is O=c1ccn([C@H]2C[C@@H](CO)CS2)c(=O)[nH]1. The summed E-state index contributed by atoms with van der Waals surface area (Å²) in [5.74, 6) is 1.10. The molecule has 0 bridgehead atoms. The highest BCUT2D eigenvalue weighted by atomic mass is 32.2. The van der Waals surface area contributed by atoms with Gasteiger partial charge in [0, 0.05) is 24.6 Å². The smallest absolute Gasteiger partial charge is 0.329 e. The zero-order valence-corrected chi connectivity index (χ0v) is 8.87. The van der Waals surface area contributed by atoms with Crippen molar-refractivity contribution in [3.8, 4) is 0 Å². The van der Waals surface area contributed by atoms with Crippen LogP contribution in [0.2, 0.25) is 0 Å². The van der Waals surface area contributed by atoms with Gasteiger partial charge in [-0.25, -0.2) is 4.79 Å². The normalized spacial score (nSPS) is 25.7. The Morgan fingerprint density at radius 3 is 3.00 bits per heavy atom. The third-order valence-electron chi connectivity index (χ3n) is 2.48. The summed E-state index contributed by atoms with van der Waals surface area (Å²) >= 11 is 1.63. The number of nitrogens with one attached hydrogen (secondary N) is 1. The van der Waals surface area contributed by atoms with Gasteiger partial charge in [0.25, 0.3) is 5.56 Å². The number of aliphatic hydroxyl groups is 1. The second-order valence-electron chi connectivity index (χ2n) is 3.59. The minimum absolute atomic E-state index is 0.0338. The molecule has 0 unspecified atom stereocenters. The zero-order chi connectivity index (χ0) is 10.8. The minimum atomic E-state index is -0.377. The van der Waals surface area contributed by atoms with Gasteiger partial charge < -0.3 is 5.11 Å². The Kier molecular flexibility index (Phi) is 2.97. The molecule has 2 heterocycles. The Morgan fingerprint density at radius 2 is 2.40 bits per heavy atom. The molecule has 0 amide bonds. The fourth-order valence-corrected chi connectivity index (χ4v) is 3.11. The van der Waals surface area contributed by atoms with Gasteiger partial charge in [-0.2, -0.15) is 0 Å². The van der Waals surface area contributed by atoms with Crippen molar-refractivity contribution in [3.05, 3.63) is 33.1 Å². The van der Waals surface area contributed by atoms with Crippen molar-refractivity contribution in [1.29, 1.82) is 0 Å². The van der Waals surface area contributed by atoms with Gasteiger partial charge in [0.1, 0.15) is 0 Å². The van der Waals surface area contributed by atoms with Crippen LogP contribution in [0.1, 0.15) is 11.8 Å². The second kappa shape index (κ2) is 4.24. The van der Waals surface area contributed by atoms with Crippen LogP contribution >= 0.6 is 11.8 Å². The van der Waals surface area contributed by atoms with E-state index in [9.17, 15) is 9.59 Å². The highest BCUT2D eigenvalue weighted by molar-refractivity contribution is 7.99. The fraction of sp³-hybridized carbons (Fsp3) is 0.556. The van der Waals surface area contributed by atoms with Crippen molar-refractivity contribution < 1.29 is 5.11 Å². The predicted octanol–water partition coefficient (Wildman–Crippen LogP) is -0.219. The van der Waals surface area contributed by atoms with Gasteiger partial charge in [0.2, 0.25) is 0 Å². The van der Waals surface area contributed by atoms with Crippen LogP contribution in [0, 0.1) is 5.92 Å². The largest absolute Gasteiger partial charge is 0.396 e. The summed E-state index contributed by atoms with van der Waals surface area (Å²) in [4.78, 5) is 24.5. The summed E-state index contributed by atoms with van der Waals surface area (Å²) in [6, 6.07) is 1.34. The third-order valence-corrected chi connectivity index (χ3v) is 3.95. The van der Waals surface area contributed by atoms with Gasteiger partial charge in [0.15, 0.2) is 0 Å². The van der Waals surface area contributed by atoms with Gasteiger partial charge in [0.05, 0.1) is 5.37 Å². The first-order valence-electron chi connectivity index (χ1n) is 4.74. The summed E-state index contributed by atoms with van der Waals surface area (Å²) in [6.07, 6.45) is 2.28. The summed E-state index contributed by atoms with van der Waals surface area (Å²) in [5.41, 5.74) is -0.753. The monoisotopic (exact) mass is 228 g/mol. The van der Waals surface area contributed by atoms with Crippen molar-refractivity contribution in [2.75, 3.05) is 12.4 Å². The first kappa shape index (κ1) is 10.5. The summed E-state index contributed by atoms with van der Waals surface area (Å²) in [5, 5.41) is 9.02. The summed E-state index contributed by atoms with van der Waals surface area (Å²) in [7, 11) is 0. The van der Waals surface area contributed by atoms with Crippen LogP contribution in [0.25, 0.3) is 0 Å². The van der Waals surface area contributed by atoms with Crippen LogP contribution < -0.4 is 11.2 Å². The van der Waals surface area contributed by atoms with E-state index in [1.165, 1.54) is 16.8 Å². The van der Waals surface area contributed by atoms with Gasteiger partial charge >= 0.3 is 5.69 Å². The number of thioether (sulfide) groups is 1. The third kappa shape index (κ3) is 2.15. The van der Waals surface area contributed by atoms with Gasteiger partial charge in [-0.05, 0) is 12.3 Å². The van der Waals surface area contributed by atoms with Gasteiger partial charge in [-0.3, -0.25) is 14.3 Å². The molecule has 15 heavy (non-hydrogen) atoms. The molecule has 1 fully saturated rings. The van der Waals surface area contributed by atoms with E-state index in [1.54, 1.807) is 11.8 Å². The zero-order valence-electron chi connectivity index (χ0n) is 8.05. The fourth-order valence-electron chi connectivity index (χ4n) is 1.64. The summed E-state index contributed by atoms with van der Waals surface area (Å²) < 4.78 is 1.52. The molecule has 2 N–H and O–H groups in total. The number of aliphatic hydroxyl groups excluding tert-OH is 1. The first-order chi connectivity index (χ1) is 7.20. The molecular formula is C9H12N2O3S. The molecule has 2 rings (SSSR count). The van der Waals surface area contributed by atoms with Crippen LogP contribution in [-0.4, -0.2) is 27.0 Å². The molecule has 0 radical (unpaired) electrons. The number of nitrogens with zero attached hydrogens (tertiary/aromatic N) is 1. The number of hydrogen-bond acceptors (Lipinski definition) is 4. The van der Waals surface area contributed by atoms with Gasteiger partial charge in [-0.1, -0.05) is 0 Å². The van der Waals surface area contributed by atoms with Crippen molar-refractivity contribution in [2.45, 2.75) is 11.8 Å². The quantitative estimate of drug-likeness (QED) is 0.734. The molecule has 0 aliphatic carbocycles. The predicted molar refractivity (Wildman–Crippen MR) is 58.0 cm³/mol. The maximum atomic E-state index is 11.5. The molecule has 1 saturated heterocycles. The van der Waals surface area contributed by atoms with Crippen molar-refractivity contribution in [3.63, 3.8) is 0 Å². The molecule has 1 aliphatic heterocycles. The van der Waals surface area contributed by atoms with Crippen LogP contribution in [0.15, 0.2) is 21.9 Å². The van der Waals surface area contributed by atoms with E-state index < -0.39 is 0 Å². The average molecular weight is 228 g/mol. The van der Waals surface area contributed by atoms with Crippen molar-refractivity contribution >= 4 is 11.8 Å². The minimum Gasteiger partial charge on any atom is -0.396 e. The van der Waals surface area contributed by atoms with E-state index in [0.717, 1.165) is 12.2 Å². The van der Waals surface area contributed by atoms with Crippen LogP contribution in [-0.2, 0) is 0 Å². The highest BCUT2D eigenvalue weighted by Gasteiger charge is 2.26. The van der Waals surface area contributed by atoms with Crippen LogP contribution in [0.3, 0.4) is 0 Å². The molecule has 0 saturated carbocycles. The molecule has 0 aromatic carbocycles.